The van der Waals surface area contributed by atoms with Crippen LogP contribution in [0.25, 0.3) is 0 Å². The average molecular weight is 477 g/mol. The Labute approximate surface area is 183 Å². The predicted molar refractivity (Wildman–Crippen MR) is 112 cm³/mol. The number of hydrogen-bond acceptors (Lipinski definition) is 7. The van der Waals surface area contributed by atoms with E-state index in [9.17, 15) is 21.6 Å². The van der Waals surface area contributed by atoms with Crippen molar-refractivity contribution in [2.75, 3.05) is 5.32 Å². The predicted octanol–water partition coefficient (Wildman–Crippen LogP) is 2.34. The lowest BCUT2D eigenvalue weighted by molar-refractivity contribution is -0.118. The van der Waals surface area contributed by atoms with Crippen molar-refractivity contribution < 1.29 is 39.1 Å². The summed E-state index contributed by atoms with van der Waals surface area (Å²) >= 11 is 0. The van der Waals surface area contributed by atoms with Gasteiger partial charge in [0.15, 0.2) is 0 Å². The number of fused-ring (bicyclic) bond motifs is 1. The molecule has 1 aliphatic heterocycles. The fourth-order valence-electron chi connectivity index (χ4n) is 3.76. The molecule has 1 aliphatic rings. The Morgan fingerprint density at radius 3 is 1.56 bits per heavy atom. The van der Waals surface area contributed by atoms with Gasteiger partial charge in [0, 0.05) is 11.3 Å². The van der Waals surface area contributed by atoms with Crippen LogP contribution in [0.2, 0.25) is 0 Å². The average Bonchev–Trinajstić information content (AvgIpc) is 2.99. The summed E-state index contributed by atoms with van der Waals surface area (Å²) in [6.07, 6.45) is 0. The van der Waals surface area contributed by atoms with Gasteiger partial charge in [-0.05, 0) is 41.5 Å². The van der Waals surface area contributed by atoms with Gasteiger partial charge in [-0.15, -0.1) is 0 Å². The van der Waals surface area contributed by atoms with Crippen molar-refractivity contribution in [3.8, 4) is 11.5 Å². The zero-order valence-corrected chi connectivity index (χ0v) is 17.6. The minimum Gasteiger partial charge on any atom is -0.362 e. The fraction of sp³-hybridized carbons (Fsp3) is 0.0500. The molecule has 0 fully saturated rings. The number of rotatable bonds is 6. The van der Waals surface area contributed by atoms with Crippen molar-refractivity contribution >= 4 is 32.4 Å². The molecule has 1 heterocycles. The summed E-state index contributed by atoms with van der Waals surface area (Å²) in [4.78, 5) is 13.3. The number of carbonyl (C=O) groups is 1. The lowest BCUT2D eigenvalue weighted by atomic mass is 9.70. The maximum absolute atomic E-state index is 13.3. The molecule has 10 nitrogen and oxygen atoms in total. The van der Waals surface area contributed by atoms with Crippen LogP contribution in [0.1, 0.15) is 16.7 Å². The van der Waals surface area contributed by atoms with Crippen LogP contribution in [-0.2, 0) is 31.0 Å². The molecule has 3 N–H and O–H groups in total. The largest absolute Gasteiger partial charge is 0.446 e. The molecule has 12 heteroatoms. The Hall–Kier alpha value is -3.45. The van der Waals surface area contributed by atoms with E-state index in [-0.39, 0.29) is 11.5 Å². The van der Waals surface area contributed by atoms with Crippen LogP contribution in [0.5, 0.6) is 11.5 Å². The smallest absolute Gasteiger partial charge is 0.362 e. The van der Waals surface area contributed by atoms with Crippen LogP contribution in [0.3, 0.4) is 0 Å². The quantitative estimate of drug-likeness (QED) is 0.453. The van der Waals surface area contributed by atoms with Crippen LogP contribution in [0.4, 0.5) is 5.69 Å². The first-order chi connectivity index (χ1) is 15.0. The number of amides is 1. The van der Waals surface area contributed by atoms with Gasteiger partial charge in [-0.25, -0.2) is 0 Å². The van der Waals surface area contributed by atoms with Gasteiger partial charge in [0.1, 0.15) is 16.9 Å². The van der Waals surface area contributed by atoms with Crippen molar-refractivity contribution in [2.45, 2.75) is 5.41 Å². The molecular weight excluding hydrogens is 462 g/mol. The number of para-hydroxylation sites is 1. The number of benzene rings is 3. The van der Waals surface area contributed by atoms with Gasteiger partial charge < -0.3 is 13.7 Å². The molecule has 0 radical (unpaired) electrons. The standard InChI is InChI=1S/C20H15NO9S2/c22-19-20(17-3-1-2-4-18(17)21-19,13-5-9-15(10-6-13)29-31(23,24)25)14-7-11-16(12-8-14)30-32(26,27)28/h1-12H,(H,21,22)(H,23,24,25)(H,26,27,28). The first kappa shape index (κ1) is 21.8. The highest BCUT2D eigenvalue weighted by Gasteiger charge is 2.49. The molecule has 4 rings (SSSR count). The third kappa shape index (κ3) is 4.03. The highest BCUT2D eigenvalue weighted by atomic mass is 32.3. The number of hydrogen-bond donors (Lipinski definition) is 3. The fourth-order valence-corrected chi connectivity index (χ4v) is 4.47. The van der Waals surface area contributed by atoms with Gasteiger partial charge in [0.25, 0.3) is 0 Å². The van der Waals surface area contributed by atoms with Gasteiger partial charge in [0.2, 0.25) is 5.91 Å². The van der Waals surface area contributed by atoms with Gasteiger partial charge in [-0.1, -0.05) is 42.5 Å². The molecule has 0 saturated heterocycles. The molecule has 0 unspecified atom stereocenters. The molecule has 1 amide bonds. The molecule has 3 aromatic carbocycles. The van der Waals surface area contributed by atoms with E-state index in [1.165, 1.54) is 48.5 Å². The van der Waals surface area contributed by atoms with E-state index in [0.717, 1.165) is 0 Å². The van der Waals surface area contributed by atoms with E-state index in [4.69, 9.17) is 9.11 Å². The third-order valence-corrected chi connectivity index (χ3v) is 5.70. The second-order valence-corrected chi connectivity index (χ2v) is 8.86. The molecular formula is C20H15NO9S2. The van der Waals surface area contributed by atoms with Crippen molar-refractivity contribution in [3.05, 3.63) is 89.5 Å². The van der Waals surface area contributed by atoms with Crippen LogP contribution in [0, 0.1) is 0 Å². The minimum absolute atomic E-state index is 0.157. The second kappa shape index (κ2) is 7.60. The first-order valence-electron chi connectivity index (χ1n) is 8.95. The Morgan fingerprint density at radius 1 is 0.688 bits per heavy atom. The lowest BCUT2D eigenvalue weighted by Crippen LogP contribution is -2.37. The van der Waals surface area contributed by atoms with Crippen LogP contribution in [-0.4, -0.2) is 31.8 Å². The number of anilines is 1. The number of carbonyl (C=O) groups excluding carboxylic acids is 1. The van der Waals surface area contributed by atoms with Crippen molar-refractivity contribution in [2.24, 2.45) is 0 Å². The zero-order valence-electron chi connectivity index (χ0n) is 16.0. The number of nitrogens with one attached hydrogen (secondary N) is 1. The molecule has 0 atom stereocenters. The van der Waals surface area contributed by atoms with Gasteiger partial charge in [-0.3, -0.25) is 13.9 Å². The molecule has 3 aromatic rings. The highest BCUT2D eigenvalue weighted by Crippen LogP contribution is 2.48. The maximum atomic E-state index is 13.3. The second-order valence-electron chi connectivity index (χ2n) is 6.82. The topological polar surface area (TPSA) is 156 Å². The zero-order chi connectivity index (χ0) is 23.1. The Kier molecular flexibility index (Phi) is 5.17. The molecule has 0 spiro atoms. The third-order valence-electron chi connectivity index (χ3n) is 4.90. The summed E-state index contributed by atoms with van der Waals surface area (Å²) in [6.45, 7) is 0. The van der Waals surface area contributed by atoms with Gasteiger partial charge in [0.05, 0.1) is 0 Å². The Bertz CT molecular complexity index is 1320. The monoisotopic (exact) mass is 477 g/mol. The Morgan fingerprint density at radius 2 is 1.12 bits per heavy atom. The van der Waals surface area contributed by atoms with Crippen LogP contribution < -0.4 is 13.7 Å². The molecule has 166 valence electrons. The van der Waals surface area contributed by atoms with E-state index in [1.54, 1.807) is 24.3 Å². The summed E-state index contributed by atoms with van der Waals surface area (Å²) in [5.41, 5.74) is 0.701. The highest BCUT2D eigenvalue weighted by molar-refractivity contribution is 7.81. The molecule has 0 aromatic heterocycles. The van der Waals surface area contributed by atoms with E-state index < -0.39 is 32.1 Å². The van der Waals surface area contributed by atoms with Crippen LogP contribution in [0.15, 0.2) is 72.8 Å². The molecule has 0 bridgehead atoms. The Balaban J connectivity index is 1.87. The molecule has 32 heavy (non-hydrogen) atoms. The lowest BCUT2D eigenvalue weighted by Gasteiger charge is -2.29. The SMILES string of the molecule is O=C1Nc2ccccc2C1(c1ccc(OS(=O)(=O)O)cc1)c1ccc(OS(=O)(=O)O)cc1. The van der Waals surface area contributed by atoms with E-state index in [2.05, 4.69) is 13.7 Å². The van der Waals surface area contributed by atoms with E-state index >= 15 is 0 Å². The summed E-state index contributed by atoms with van der Waals surface area (Å²) in [5, 5.41) is 2.82. The molecule has 0 aliphatic carbocycles. The summed E-state index contributed by atoms with van der Waals surface area (Å²) in [6, 6.07) is 18.0. The van der Waals surface area contributed by atoms with E-state index in [1.807, 2.05) is 0 Å². The van der Waals surface area contributed by atoms with Gasteiger partial charge in [-0.2, -0.15) is 16.8 Å². The van der Waals surface area contributed by atoms with Crippen molar-refractivity contribution in [1.29, 1.82) is 0 Å². The summed E-state index contributed by atoms with van der Waals surface area (Å²) in [5.74, 6) is -0.712. The summed E-state index contributed by atoms with van der Waals surface area (Å²) < 4.78 is 70.5. The van der Waals surface area contributed by atoms with E-state index in [0.29, 0.717) is 22.4 Å². The maximum Gasteiger partial charge on any atom is 0.446 e. The van der Waals surface area contributed by atoms with Crippen LogP contribution >= 0.6 is 0 Å². The normalized spacial score (nSPS) is 15.0. The van der Waals surface area contributed by atoms with Crippen molar-refractivity contribution in [1.82, 2.24) is 0 Å². The molecule has 0 saturated carbocycles. The van der Waals surface area contributed by atoms with Crippen molar-refractivity contribution in [3.63, 3.8) is 0 Å². The van der Waals surface area contributed by atoms with Gasteiger partial charge >= 0.3 is 20.8 Å². The summed E-state index contributed by atoms with van der Waals surface area (Å²) in [7, 11) is -9.44. The first-order valence-corrected chi connectivity index (χ1v) is 11.7. The minimum atomic E-state index is -4.72.